The van der Waals surface area contributed by atoms with E-state index in [1.807, 2.05) is 51.5 Å². The van der Waals surface area contributed by atoms with E-state index in [2.05, 4.69) is 10.2 Å². The summed E-state index contributed by atoms with van der Waals surface area (Å²) in [5, 5.41) is 9.62. The zero-order valence-electron chi connectivity index (χ0n) is 14.4. The van der Waals surface area contributed by atoms with Crippen LogP contribution in [0.4, 0.5) is 0 Å². The number of piperidine rings is 1. The number of hydrogen-bond donors (Lipinski definition) is 1. The Morgan fingerprint density at radius 1 is 1.23 bits per heavy atom. The molecule has 0 saturated carbocycles. The van der Waals surface area contributed by atoms with Gasteiger partial charge in [0.2, 0.25) is 5.91 Å². The fourth-order valence-corrected chi connectivity index (χ4v) is 4.21. The van der Waals surface area contributed by atoms with E-state index in [0.717, 1.165) is 43.2 Å². The summed E-state index contributed by atoms with van der Waals surface area (Å²) in [7, 11) is 0. The summed E-state index contributed by atoms with van der Waals surface area (Å²) in [6.07, 6.45) is 6.43. The van der Waals surface area contributed by atoms with Gasteiger partial charge in [0.1, 0.15) is 17.4 Å². The summed E-state index contributed by atoms with van der Waals surface area (Å²) < 4.78 is 3.56. The van der Waals surface area contributed by atoms with Crippen LogP contribution < -0.4 is 5.69 Å². The molecule has 1 aliphatic heterocycles. The Morgan fingerprint density at radius 3 is 2.69 bits per heavy atom. The predicted octanol–water partition coefficient (Wildman–Crippen LogP) is 1.90. The molecule has 0 unspecified atom stereocenters. The first-order valence-electron chi connectivity index (χ1n) is 8.79. The third kappa shape index (κ3) is 3.50. The molecule has 1 N–H and O–H groups in total. The number of carbonyl (C=O) groups is 1. The third-order valence-electron chi connectivity index (χ3n) is 4.89. The van der Waals surface area contributed by atoms with Crippen molar-refractivity contribution in [2.45, 2.75) is 25.8 Å². The molecule has 0 atom stereocenters. The summed E-state index contributed by atoms with van der Waals surface area (Å²) in [5.41, 5.74) is -0.193. The van der Waals surface area contributed by atoms with Crippen LogP contribution in [0.25, 0.3) is 5.00 Å². The molecular formula is C18H21N5O2S. The molecule has 4 heterocycles. The van der Waals surface area contributed by atoms with Crippen LogP contribution in [0.2, 0.25) is 0 Å². The molecule has 0 aliphatic carbocycles. The van der Waals surface area contributed by atoms with Crippen LogP contribution in [0.5, 0.6) is 0 Å². The maximum atomic E-state index is 12.4. The number of likely N-dealkylation sites (tertiary alicyclic amines) is 1. The molecule has 1 amide bonds. The van der Waals surface area contributed by atoms with Gasteiger partial charge >= 0.3 is 5.69 Å². The Labute approximate surface area is 154 Å². The van der Waals surface area contributed by atoms with E-state index < -0.39 is 0 Å². The number of H-pyrrole nitrogens is 1. The molecular weight excluding hydrogens is 350 g/mol. The van der Waals surface area contributed by atoms with Crippen LogP contribution >= 0.6 is 11.3 Å². The molecule has 7 nitrogen and oxygen atoms in total. The molecule has 1 saturated heterocycles. The molecule has 0 bridgehead atoms. The maximum Gasteiger partial charge on any atom is 0.348 e. The van der Waals surface area contributed by atoms with Gasteiger partial charge < -0.3 is 9.47 Å². The zero-order chi connectivity index (χ0) is 17.9. The monoisotopic (exact) mass is 371 g/mol. The number of aromatic nitrogens is 4. The van der Waals surface area contributed by atoms with Gasteiger partial charge in [-0.2, -0.15) is 5.10 Å². The van der Waals surface area contributed by atoms with Crippen molar-refractivity contribution in [2.75, 3.05) is 13.1 Å². The first kappa shape index (κ1) is 16.8. The van der Waals surface area contributed by atoms with Gasteiger partial charge in [0, 0.05) is 31.9 Å². The van der Waals surface area contributed by atoms with E-state index in [1.165, 1.54) is 11.3 Å². The number of thiophene rings is 1. The van der Waals surface area contributed by atoms with Crippen LogP contribution in [-0.2, 0) is 17.8 Å². The highest BCUT2D eigenvalue weighted by atomic mass is 32.1. The van der Waals surface area contributed by atoms with Gasteiger partial charge in [0.25, 0.3) is 0 Å². The van der Waals surface area contributed by atoms with Gasteiger partial charge in [0.05, 0.1) is 0 Å². The average Bonchev–Trinajstić information content (AvgIpc) is 3.38. The smallest absolute Gasteiger partial charge is 0.345 e. The highest BCUT2D eigenvalue weighted by molar-refractivity contribution is 7.12. The van der Waals surface area contributed by atoms with E-state index in [1.54, 1.807) is 4.57 Å². The van der Waals surface area contributed by atoms with Gasteiger partial charge in [-0.05, 0) is 48.4 Å². The van der Waals surface area contributed by atoms with Crippen molar-refractivity contribution in [2.24, 2.45) is 5.92 Å². The number of rotatable bonds is 5. The lowest BCUT2D eigenvalue weighted by Gasteiger charge is -2.32. The zero-order valence-corrected chi connectivity index (χ0v) is 15.2. The number of hydrogen-bond acceptors (Lipinski definition) is 4. The second kappa shape index (κ2) is 7.33. The van der Waals surface area contributed by atoms with Gasteiger partial charge in [-0.25, -0.2) is 14.5 Å². The van der Waals surface area contributed by atoms with E-state index in [-0.39, 0.29) is 11.6 Å². The number of amides is 1. The van der Waals surface area contributed by atoms with E-state index in [4.69, 9.17) is 0 Å². The molecule has 136 valence electrons. The molecule has 1 fully saturated rings. The molecule has 26 heavy (non-hydrogen) atoms. The lowest BCUT2D eigenvalue weighted by molar-refractivity contribution is -0.133. The second-order valence-electron chi connectivity index (χ2n) is 6.62. The molecule has 1 aliphatic rings. The highest BCUT2D eigenvalue weighted by Crippen LogP contribution is 2.23. The van der Waals surface area contributed by atoms with Gasteiger partial charge in [-0.1, -0.05) is 0 Å². The Kier molecular flexibility index (Phi) is 4.75. The molecule has 0 radical (unpaired) electrons. The number of nitrogens with one attached hydrogen (secondary N) is 1. The second-order valence-corrected chi connectivity index (χ2v) is 7.54. The van der Waals surface area contributed by atoms with Crippen LogP contribution in [0.3, 0.4) is 0 Å². The lowest BCUT2D eigenvalue weighted by Crippen LogP contribution is -2.40. The number of aromatic amines is 1. The van der Waals surface area contributed by atoms with Crippen molar-refractivity contribution >= 4 is 17.2 Å². The molecule has 0 aromatic carbocycles. The molecule has 3 aromatic heterocycles. The minimum Gasteiger partial charge on any atom is -0.345 e. The summed E-state index contributed by atoms with van der Waals surface area (Å²) >= 11 is 1.52. The standard InChI is InChI=1S/C18H21N5O2S/c24-16(13-21-7-1-2-8-21)22-9-5-14(6-10-22)12-15-19-20-18(25)23(15)17-4-3-11-26-17/h1-4,7-8,11,14H,5-6,9-10,12-13H2,(H,20,25). The third-order valence-corrected chi connectivity index (χ3v) is 5.74. The van der Waals surface area contributed by atoms with Crippen LogP contribution in [0, 0.1) is 5.92 Å². The Bertz CT molecular complexity index is 902. The minimum atomic E-state index is -0.193. The molecule has 8 heteroatoms. The summed E-state index contributed by atoms with van der Waals surface area (Å²) in [4.78, 5) is 26.4. The van der Waals surface area contributed by atoms with Gasteiger partial charge in [-0.3, -0.25) is 4.79 Å². The van der Waals surface area contributed by atoms with E-state index in [9.17, 15) is 9.59 Å². The first-order valence-corrected chi connectivity index (χ1v) is 9.67. The Hall–Kier alpha value is -2.61. The fourth-order valence-electron chi connectivity index (χ4n) is 3.47. The summed E-state index contributed by atoms with van der Waals surface area (Å²) in [5.74, 6) is 1.36. The van der Waals surface area contributed by atoms with Crippen molar-refractivity contribution in [1.82, 2.24) is 24.2 Å². The van der Waals surface area contributed by atoms with E-state index >= 15 is 0 Å². The quantitative estimate of drug-likeness (QED) is 0.744. The van der Waals surface area contributed by atoms with Crippen molar-refractivity contribution in [1.29, 1.82) is 0 Å². The Balaban J connectivity index is 1.36. The van der Waals surface area contributed by atoms with Crippen LogP contribution in [0.15, 0.2) is 46.8 Å². The topological polar surface area (TPSA) is 75.9 Å². The minimum absolute atomic E-state index is 0.162. The normalized spacial score (nSPS) is 15.5. The average molecular weight is 371 g/mol. The number of carbonyl (C=O) groups excluding carboxylic acids is 1. The highest BCUT2D eigenvalue weighted by Gasteiger charge is 2.25. The largest absolute Gasteiger partial charge is 0.348 e. The first-order chi connectivity index (χ1) is 12.7. The van der Waals surface area contributed by atoms with Gasteiger partial charge in [-0.15, -0.1) is 11.3 Å². The number of nitrogens with zero attached hydrogens (tertiary/aromatic N) is 4. The predicted molar refractivity (Wildman–Crippen MR) is 99.5 cm³/mol. The SMILES string of the molecule is O=C(Cn1cccc1)N1CCC(Cc2n[nH]c(=O)n2-c2cccs2)CC1. The van der Waals surface area contributed by atoms with Crippen molar-refractivity contribution in [3.63, 3.8) is 0 Å². The molecule has 3 aromatic rings. The summed E-state index contributed by atoms with van der Waals surface area (Å²) in [6, 6.07) is 7.71. The molecule has 0 spiro atoms. The van der Waals surface area contributed by atoms with Crippen LogP contribution in [0.1, 0.15) is 18.7 Å². The summed E-state index contributed by atoms with van der Waals surface area (Å²) in [6.45, 7) is 1.92. The van der Waals surface area contributed by atoms with Crippen molar-refractivity contribution in [3.8, 4) is 5.00 Å². The lowest BCUT2D eigenvalue weighted by atomic mass is 9.93. The van der Waals surface area contributed by atoms with Gasteiger partial charge in [0.15, 0.2) is 0 Å². The van der Waals surface area contributed by atoms with Crippen molar-refractivity contribution < 1.29 is 4.79 Å². The van der Waals surface area contributed by atoms with Crippen molar-refractivity contribution in [3.05, 3.63) is 58.3 Å². The molecule has 4 rings (SSSR count). The maximum absolute atomic E-state index is 12.4. The van der Waals surface area contributed by atoms with E-state index in [0.29, 0.717) is 12.5 Å². The Morgan fingerprint density at radius 2 is 2.00 bits per heavy atom. The van der Waals surface area contributed by atoms with Crippen LogP contribution in [-0.4, -0.2) is 43.2 Å². The fraction of sp³-hybridized carbons (Fsp3) is 0.389.